The van der Waals surface area contributed by atoms with Gasteiger partial charge in [0.05, 0.1) is 13.2 Å². The zero-order valence-electron chi connectivity index (χ0n) is 15.2. The lowest BCUT2D eigenvalue weighted by molar-refractivity contribution is 0.237. The number of nitrogens with one attached hydrogen (secondary N) is 2. The number of methoxy groups -OCH3 is 1. The minimum absolute atomic E-state index is 0.0734. The van der Waals surface area contributed by atoms with Gasteiger partial charge in [-0.1, -0.05) is 49.4 Å². The maximum Gasteiger partial charge on any atom is 0.315 e. The van der Waals surface area contributed by atoms with Gasteiger partial charge >= 0.3 is 6.03 Å². The summed E-state index contributed by atoms with van der Waals surface area (Å²) in [6, 6.07) is 17.0. The average molecular weight is 375 g/mol. The Hall–Kier alpha value is -2.34. The fourth-order valence-electron chi connectivity index (χ4n) is 2.58. The Morgan fingerprint density at radius 2 is 1.81 bits per heavy atom. The predicted octanol–water partition coefficient (Wildman–Crippen LogP) is 3.39. The van der Waals surface area contributed by atoms with Crippen LogP contribution in [0.5, 0.6) is 5.75 Å². The lowest BCUT2D eigenvalue weighted by atomic mass is 10.0. The van der Waals surface area contributed by atoms with Gasteiger partial charge in [0.2, 0.25) is 0 Å². The van der Waals surface area contributed by atoms with E-state index in [1.807, 2.05) is 61.5 Å². The van der Waals surface area contributed by atoms with Crippen molar-refractivity contribution in [3.63, 3.8) is 0 Å². The molecule has 2 N–H and O–H groups in total. The smallest absolute Gasteiger partial charge is 0.315 e. The normalized spacial score (nSPS) is 12.8. The fourth-order valence-corrected chi connectivity index (χ4v) is 3.62. The van der Waals surface area contributed by atoms with Crippen molar-refractivity contribution in [3.8, 4) is 5.75 Å². The summed E-state index contributed by atoms with van der Waals surface area (Å²) in [5, 5.41) is 5.74. The van der Waals surface area contributed by atoms with Crippen LogP contribution in [0.4, 0.5) is 4.79 Å². The van der Waals surface area contributed by atoms with Crippen molar-refractivity contribution >= 4 is 16.8 Å². The molecular formula is C20H26N2O3S. The first-order chi connectivity index (χ1) is 12.6. The molecule has 2 rings (SSSR count). The lowest BCUT2D eigenvalue weighted by Crippen LogP contribution is -2.39. The molecule has 2 amide bonds. The van der Waals surface area contributed by atoms with Crippen LogP contribution in [0.1, 0.15) is 30.5 Å². The Kier molecular flexibility index (Phi) is 8.15. The van der Waals surface area contributed by atoms with Crippen molar-refractivity contribution in [3.05, 3.63) is 65.7 Å². The van der Waals surface area contributed by atoms with Crippen LogP contribution in [0, 0.1) is 0 Å². The molecule has 0 aliphatic rings. The SMILES string of the molecule is CCC(NC(=O)NCCS(=O)Cc1ccccc1)c1ccc(OC)cc1. The van der Waals surface area contributed by atoms with E-state index in [4.69, 9.17) is 4.74 Å². The Bertz CT molecular complexity index is 705. The van der Waals surface area contributed by atoms with Crippen LogP contribution < -0.4 is 15.4 Å². The fraction of sp³-hybridized carbons (Fsp3) is 0.350. The summed E-state index contributed by atoms with van der Waals surface area (Å²) < 4.78 is 17.2. The van der Waals surface area contributed by atoms with Gasteiger partial charge in [-0.25, -0.2) is 4.79 Å². The maximum absolute atomic E-state index is 12.1. The summed E-state index contributed by atoms with van der Waals surface area (Å²) >= 11 is 0. The van der Waals surface area contributed by atoms with Crippen LogP contribution in [-0.2, 0) is 16.6 Å². The van der Waals surface area contributed by atoms with Gasteiger partial charge in [0.15, 0.2) is 0 Å². The minimum Gasteiger partial charge on any atom is -0.497 e. The number of urea groups is 1. The van der Waals surface area contributed by atoms with E-state index in [-0.39, 0.29) is 12.1 Å². The molecule has 0 aliphatic carbocycles. The molecule has 0 saturated heterocycles. The van der Waals surface area contributed by atoms with Gasteiger partial charge in [-0.3, -0.25) is 4.21 Å². The second-order valence-corrected chi connectivity index (χ2v) is 7.48. The number of hydrogen-bond acceptors (Lipinski definition) is 3. The highest BCUT2D eigenvalue weighted by Gasteiger charge is 2.12. The molecule has 0 aliphatic heterocycles. The largest absolute Gasteiger partial charge is 0.497 e. The van der Waals surface area contributed by atoms with E-state index in [2.05, 4.69) is 10.6 Å². The van der Waals surface area contributed by atoms with Gasteiger partial charge in [-0.05, 0) is 29.7 Å². The lowest BCUT2D eigenvalue weighted by Gasteiger charge is -2.18. The molecule has 0 saturated carbocycles. The second kappa shape index (κ2) is 10.6. The summed E-state index contributed by atoms with van der Waals surface area (Å²) in [6.07, 6.45) is 0.777. The van der Waals surface area contributed by atoms with Crippen molar-refractivity contribution in [2.45, 2.75) is 25.1 Å². The number of ether oxygens (including phenoxy) is 1. The molecule has 2 unspecified atom stereocenters. The standard InChI is InChI=1S/C20H26N2O3S/c1-3-19(17-9-11-18(25-2)12-10-17)22-20(23)21-13-14-26(24)15-16-7-5-4-6-8-16/h4-12,19H,3,13-15H2,1-2H3,(H2,21,22,23). The molecule has 6 heteroatoms. The number of benzene rings is 2. The third-order valence-corrected chi connectivity index (χ3v) is 5.33. The zero-order valence-corrected chi connectivity index (χ0v) is 16.1. The number of carbonyl (C=O) groups excluding carboxylic acids is 1. The number of amides is 2. The highest BCUT2D eigenvalue weighted by Crippen LogP contribution is 2.19. The first-order valence-electron chi connectivity index (χ1n) is 8.69. The predicted molar refractivity (Wildman–Crippen MR) is 106 cm³/mol. The van der Waals surface area contributed by atoms with Crippen molar-refractivity contribution in [1.82, 2.24) is 10.6 Å². The molecule has 2 aromatic rings. The molecule has 0 radical (unpaired) electrons. The third-order valence-electron chi connectivity index (χ3n) is 4.02. The number of hydrogen-bond donors (Lipinski definition) is 2. The van der Waals surface area contributed by atoms with Crippen molar-refractivity contribution in [1.29, 1.82) is 0 Å². The van der Waals surface area contributed by atoms with Crippen LogP contribution in [-0.4, -0.2) is 29.6 Å². The van der Waals surface area contributed by atoms with Crippen molar-refractivity contribution in [2.75, 3.05) is 19.4 Å². The van der Waals surface area contributed by atoms with Crippen LogP contribution in [0.2, 0.25) is 0 Å². The van der Waals surface area contributed by atoms with Gasteiger partial charge in [0.1, 0.15) is 5.75 Å². The van der Waals surface area contributed by atoms with Gasteiger partial charge in [0.25, 0.3) is 0 Å². The van der Waals surface area contributed by atoms with Gasteiger partial charge < -0.3 is 15.4 Å². The van der Waals surface area contributed by atoms with Crippen LogP contribution in [0.3, 0.4) is 0 Å². The average Bonchev–Trinajstić information content (AvgIpc) is 2.67. The third kappa shape index (κ3) is 6.52. The molecule has 2 aromatic carbocycles. The summed E-state index contributed by atoms with van der Waals surface area (Å²) in [5.74, 6) is 1.73. The van der Waals surface area contributed by atoms with Gasteiger partial charge in [0, 0.05) is 28.9 Å². The molecular weight excluding hydrogens is 348 g/mol. The highest BCUT2D eigenvalue weighted by atomic mass is 32.2. The van der Waals surface area contributed by atoms with Crippen LogP contribution in [0.25, 0.3) is 0 Å². The van der Waals surface area contributed by atoms with E-state index in [0.717, 1.165) is 23.3 Å². The molecule has 5 nitrogen and oxygen atoms in total. The highest BCUT2D eigenvalue weighted by molar-refractivity contribution is 7.84. The van der Waals surface area contributed by atoms with Gasteiger partial charge in [-0.15, -0.1) is 0 Å². The van der Waals surface area contributed by atoms with Crippen LogP contribution >= 0.6 is 0 Å². The van der Waals surface area contributed by atoms with Crippen molar-refractivity contribution < 1.29 is 13.7 Å². The van der Waals surface area contributed by atoms with E-state index < -0.39 is 10.8 Å². The molecule has 0 bridgehead atoms. The Balaban J connectivity index is 1.75. The maximum atomic E-state index is 12.1. The van der Waals surface area contributed by atoms with Crippen molar-refractivity contribution in [2.24, 2.45) is 0 Å². The molecule has 0 fully saturated rings. The summed E-state index contributed by atoms with van der Waals surface area (Å²) in [5.41, 5.74) is 2.07. The Labute approximate surface area is 157 Å². The molecule has 0 spiro atoms. The van der Waals surface area contributed by atoms with E-state index in [9.17, 15) is 9.00 Å². The monoisotopic (exact) mass is 374 g/mol. The summed E-state index contributed by atoms with van der Waals surface area (Å²) in [7, 11) is 0.627. The van der Waals surface area contributed by atoms with Crippen LogP contribution in [0.15, 0.2) is 54.6 Å². The Morgan fingerprint density at radius 1 is 1.12 bits per heavy atom. The summed E-state index contributed by atoms with van der Waals surface area (Å²) in [4.78, 5) is 12.1. The second-order valence-electron chi connectivity index (χ2n) is 5.91. The van der Waals surface area contributed by atoms with E-state index in [0.29, 0.717) is 18.1 Å². The molecule has 140 valence electrons. The first-order valence-corrected chi connectivity index (χ1v) is 10.2. The topological polar surface area (TPSA) is 67.4 Å². The quantitative estimate of drug-likeness (QED) is 0.707. The first kappa shape index (κ1) is 20.0. The molecule has 26 heavy (non-hydrogen) atoms. The number of carbonyl (C=O) groups is 1. The zero-order chi connectivity index (χ0) is 18.8. The molecule has 2 atom stereocenters. The molecule has 0 aromatic heterocycles. The molecule has 0 heterocycles. The van der Waals surface area contributed by atoms with E-state index in [1.165, 1.54) is 0 Å². The van der Waals surface area contributed by atoms with E-state index >= 15 is 0 Å². The number of rotatable bonds is 9. The summed E-state index contributed by atoms with van der Waals surface area (Å²) in [6.45, 7) is 2.40. The van der Waals surface area contributed by atoms with Gasteiger partial charge in [-0.2, -0.15) is 0 Å². The van der Waals surface area contributed by atoms with E-state index in [1.54, 1.807) is 7.11 Å². The Morgan fingerprint density at radius 3 is 2.42 bits per heavy atom. The minimum atomic E-state index is -0.998.